The zero-order chi connectivity index (χ0) is 19.1. The summed E-state index contributed by atoms with van der Waals surface area (Å²) in [5.74, 6) is -2.38. The van der Waals surface area contributed by atoms with Crippen molar-refractivity contribution in [3.63, 3.8) is 0 Å². The molecule has 0 aliphatic carbocycles. The predicted octanol–water partition coefficient (Wildman–Crippen LogP) is 0.0418. The Labute approximate surface area is 150 Å². The van der Waals surface area contributed by atoms with Crippen molar-refractivity contribution < 1.29 is 42.9 Å². The average molecular weight is 378 g/mol. The Balaban J connectivity index is 3.18. The highest BCUT2D eigenvalue weighted by Crippen LogP contribution is 2.29. The molecule has 0 aromatic carbocycles. The highest BCUT2D eigenvalue weighted by Gasteiger charge is 2.51. The minimum atomic E-state index is -1.13. The lowest BCUT2D eigenvalue weighted by Crippen LogP contribution is -2.62. The Bertz CT molecular complexity index is 521. The largest absolute Gasteiger partial charge is 0.463 e. The van der Waals surface area contributed by atoms with Crippen LogP contribution in [0.5, 0.6) is 0 Å². The summed E-state index contributed by atoms with van der Waals surface area (Å²) in [6.45, 7) is 4.50. The van der Waals surface area contributed by atoms with Crippen LogP contribution in [0.25, 0.3) is 0 Å². The number of carbonyl (C=O) groups excluding carboxylic acids is 4. The van der Waals surface area contributed by atoms with Crippen LogP contribution in [-0.2, 0) is 42.9 Å². The van der Waals surface area contributed by atoms with Gasteiger partial charge in [-0.25, -0.2) is 0 Å². The van der Waals surface area contributed by atoms with Crippen molar-refractivity contribution in [1.82, 2.24) is 0 Å². The van der Waals surface area contributed by atoms with E-state index >= 15 is 0 Å². The van der Waals surface area contributed by atoms with Crippen molar-refractivity contribution >= 4 is 36.5 Å². The third-order valence-corrected chi connectivity index (χ3v) is 3.63. The summed E-state index contributed by atoms with van der Waals surface area (Å²) in [6.07, 6.45) is -4.96. The second-order valence-electron chi connectivity index (χ2n) is 5.42. The van der Waals surface area contributed by atoms with E-state index < -0.39 is 54.4 Å². The smallest absolute Gasteiger partial charge is 0.303 e. The number of ether oxygens (including phenoxy) is 5. The van der Waals surface area contributed by atoms with Crippen LogP contribution in [0.1, 0.15) is 27.7 Å². The van der Waals surface area contributed by atoms with Gasteiger partial charge >= 0.3 is 23.9 Å². The van der Waals surface area contributed by atoms with Gasteiger partial charge in [-0.15, -0.1) is 0 Å². The SMILES string of the molecule is CC(=O)OCC1OC(CS)C(OC(C)=O)C(OC(C)=O)C1OC(C)=O. The van der Waals surface area contributed by atoms with Crippen LogP contribution in [0, 0.1) is 0 Å². The summed E-state index contributed by atoms with van der Waals surface area (Å²) < 4.78 is 26.3. The molecule has 0 radical (unpaired) electrons. The van der Waals surface area contributed by atoms with E-state index in [-0.39, 0.29) is 12.4 Å². The van der Waals surface area contributed by atoms with Crippen LogP contribution >= 0.6 is 12.6 Å². The van der Waals surface area contributed by atoms with Gasteiger partial charge in [-0.05, 0) is 0 Å². The molecule has 1 saturated heterocycles. The first-order valence-corrected chi connectivity index (χ1v) is 8.20. The standard InChI is InChI=1S/C15H22O9S/c1-7(16)20-5-11-13(21-8(2)17)15(23-10(4)19)14(22-9(3)18)12(6-25)24-11/h11-15,25H,5-6H2,1-4H3. The summed E-state index contributed by atoms with van der Waals surface area (Å²) in [7, 11) is 0. The zero-order valence-electron chi connectivity index (χ0n) is 14.4. The van der Waals surface area contributed by atoms with E-state index in [1.165, 1.54) is 27.7 Å². The molecule has 1 aliphatic heterocycles. The molecule has 1 fully saturated rings. The van der Waals surface area contributed by atoms with E-state index in [9.17, 15) is 19.2 Å². The minimum absolute atomic E-state index is 0.124. The maximum Gasteiger partial charge on any atom is 0.303 e. The van der Waals surface area contributed by atoms with Gasteiger partial charge in [-0.2, -0.15) is 12.6 Å². The van der Waals surface area contributed by atoms with E-state index in [4.69, 9.17) is 23.7 Å². The minimum Gasteiger partial charge on any atom is -0.463 e. The molecule has 9 nitrogen and oxygen atoms in total. The Morgan fingerprint density at radius 2 is 1.20 bits per heavy atom. The maximum absolute atomic E-state index is 11.5. The van der Waals surface area contributed by atoms with Gasteiger partial charge in [0.1, 0.15) is 18.8 Å². The van der Waals surface area contributed by atoms with E-state index in [2.05, 4.69) is 12.6 Å². The van der Waals surface area contributed by atoms with Gasteiger partial charge in [-0.1, -0.05) is 0 Å². The van der Waals surface area contributed by atoms with Crippen LogP contribution in [-0.4, -0.2) is 66.8 Å². The molecule has 10 heteroatoms. The van der Waals surface area contributed by atoms with E-state index in [1.807, 2.05) is 0 Å². The van der Waals surface area contributed by atoms with Crippen LogP contribution in [0.3, 0.4) is 0 Å². The monoisotopic (exact) mass is 378 g/mol. The second-order valence-corrected chi connectivity index (χ2v) is 5.79. The van der Waals surface area contributed by atoms with Gasteiger partial charge in [0.2, 0.25) is 0 Å². The average Bonchev–Trinajstić information content (AvgIpc) is 2.48. The van der Waals surface area contributed by atoms with Crippen molar-refractivity contribution in [3.05, 3.63) is 0 Å². The number of rotatable bonds is 6. The first kappa shape index (κ1) is 21.2. The fourth-order valence-corrected chi connectivity index (χ4v) is 2.76. The third-order valence-electron chi connectivity index (χ3n) is 3.27. The van der Waals surface area contributed by atoms with Gasteiger partial charge in [0.05, 0.1) is 0 Å². The molecule has 0 amide bonds. The first-order valence-electron chi connectivity index (χ1n) is 7.57. The van der Waals surface area contributed by atoms with Crippen LogP contribution in [0.15, 0.2) is 0 Å². The summed E-state index contributed by atoms with van der Waals surface area (Å²) in [6, 6.07) is 0. The molecule has 0 bridgehead atoms. The number of thiol groups is 1. The molecule has 5 atom stereocenters. The number of hydrogen-bond acceptors (Lipinski definition) is 10. The van der Waals surface area contributed by atoms with Crippen LogP contribution in [0.4, 0.5) is 0 Å². The lowest BCUT2D eigenvalue weighted by molar-refractivity contribution is -0.248. The molecule has 0 N–H and O–H groups in total. The van der Waals surface area contributed by atoms with Gasteiger partial charge in [0.15, 0.2) is 18.3 Å². The molecule has 0 spiro atoms. The fourth-order valence-electron chi connectivity index (χ4n) is 2.46. The Morgan fingerprint density at radius 3 is 1.60 bits per heavy atom. The molecule has 5 unspecified atom stereocenters. The molecule has 25 heavy (non-hydrogen) atoms. The second kappa shape index (κ2) is 9.62. The quantitative estimate of drug-likeness (QED) is 0.389. The normalized spacial score (nSPS) is 28.6. The molecule has 1 rings (SSSR count). The van der Waals surface area contributed by atoms with E-state index in [0.29, 0.717) is 0 Å². The van der Waals surface area contributed by atoms with Crippen molar-refractivity contribution in [2.24, 2.45) is 0 Å². The Kier molecular flexibility index (Phi) is 8.17. The predicted molar refractivity (Wildman–Crippen MR) is 85.8 cm³/mol. The topological polar surface area (TPSA) is 114 Å². The molecule has 0 saturated carbocycles. The molecular weight excluding hydrogens is 356 g/mol. The van der Waals surface area contributed by atoms with Crippen molar-refractivity contribution in [1.29, 1.82) is 0 Å². The molecule has 1 aliphatic rings. The summed E-state index contributed by atoms with van der Waals surface area (Å²) in [5, 5.41) is 0. The molecule has 142 valence electrons. The molecule has 0 aromatic rings. The number of carbonyl (C=O) groups is 4. The lowest BCUT2D eigenvalue weighted by atomic mass is 9.95. The molecular formula is C15H22O9S. The Morgan fingerprint density at radius 1 is 0.760 bits per heavy atom. The lowest BCUT2D eigenvalue weighted by Gasteiger charge is -2.44. The van der Waals surface area contributed by atoms with E-state index in [0.717, 1.165) is 0 Å². The van der Waals surface area contributed by atoms with Gasteiger partial charge in [-0.3, -0.25) is 19.2 Å². The summed E-state index contributed by atoms with van der Waals surface area (Å²) in [5.41, 5.74) is 0. The number of hydrogen-bond donors (Lipinski definition) is 1. The number of esters is 4. The van der Waals surface area contributed by atoms with Crippen molar-refractivity contribution in [3.8, 4) is 0 Å². The van der Waals surface area contributed by atoms with Gasteiger partial charge in [0.25, 0.3) is 0 Å². The van der Waals surface area contributed by atoms with Gasteiger partial charge in [0, 0.05) is 33.4 Å². The maximum atomic E-state index is 11.5. The van der Waals surface area contributed by atoms with Crippen molar-refractivity contribution in [2.75, 3.05) is 12.4 Å². The summed E-state index contributed by atoms with van der Waals surface area (Å²) >= 11 is 4.15. The highest BCUT2D eigenvalue weighted by molar-refractivity contribution is 7.80. The Hall–Kier alpha value is -1.81. The van der Waals surface area contributed by atoms with Crippen LogP contribution < -0.4 is 0 Å². The highest BCUT2D eigenvalue weighted by atomic mass is 32.1. The third kappa shape index (κ3) is 6.54. The zero-order valence-corrected chi connectivity index (χ0v) is 15.3. The first-order chi connectivity index (χ1) is 11.6. The van der Waals surface area contributed by atoms with Crippen molar-refractivity contribution in [2.45, 2.75) is 58.2 Å². The fraction of sp³-hybridized carbons (Fsp3) is 0.733. The molecule has 0 aromatic heterocycles. The van der Waals surface area contributed by atoms with E-state index in [1.54, 1.807) is 0 Å². The van der Waals surface area contributed by atoms with Gasteiger partial charge < -0.3 is 23.7 Å². The summed E-state index contributed by atoms with van der Waals surface area (Å²) in [4.78, 5) is 45.4. The molecule has 1 heterocycles. The van der Waals surface area contributed by atoms with Crippen LogP contribution in [0.2, 0.25) is 0 Å².